The summed E-state index contributed by atoms with van der Waals surface area (Å²) in [5.41, 5.74) is 1.09. The molecule has 0 atom stereocenters. The van der Waals surface area contributed by atoms with Gasteiger partial charge in [-0.25, -0.2) is 0 Å². The molecule has 1 amide bonds. The van der Waals surface area contributed by atoms with E-state index in [-0.39, 0.29) is 18.6 Å². The number of hydrogen-bond donors (Lipinski definition) is 2. The molecule has 0 fully saturated rings. The molecule has 0 saturated heterocycles. The Hall–Kier alpha value is -1.75. The minimum atomic E-state index is -0.141. The molecular weight excluding hydrogens is 268 g/mol. The first-order valence-corrected chi connectivity index (χ1v) is 7.24. The van der Waals surface area contributed by atoms with Gasteiger partial charge in [-0.05, 0) is 31.5 Å². The lowest BCUT2D eigenvalue weighted by atomic mass is 10.2. The van der Waals surface area contributed by atoms with Gasteiger partial charge in [0.2, 0.25) is 0 Å². The minimum Gasteiger partial charge on any atom is -0.493 e. The highest BCUT2D eigenvalue weighted by molar-refractivity contribution is 5.77. The quantitative estimate of drug-likeness (QED) is 0.771. The van der Waals surface area contributed by atoms with Crippen LogP contribution in [0.5, 0.6) is 11.5 Å². The maximum atomic E-state index is 11.6. The van der Waals surface area contributed by atoms with E-state index in [0.29, 0.717) is 17.5 Å². The fraction of sp³-hybridized carbons (Fsp3) is 0.562. The number of hydrogen-bond acceptors (Lipinski definition) is 4. The summed E-state index contributed by atoms with van der Waals surface area (Å²) in [6, 6.07) is 6.25. The number of carbonyl (C=O) groups excluding carboxylic acids is 1. The van der Waals surface area contributed by atoms with Gasteiger partial charge in [-0.1, -0.05) is 19.9 Å². The standard InChI is InChI=1S/C16H26N2O3/c1-11(2)17-9-13-6-7-14(20-5)15(8-13)21-10-16(19)18-12(3)4/h6-8,11-12,17H,9-10H2,1-5H3,(H,18,19). The molecule has 2 N–H and O–H groups in total. The van der Waals surface area contributed by atoms with E-state index in [1.807, 2.05) is 32.0 Å². The third-order valence-corrected chi connectivity index (χ3v) is 2.75. The summed E-state index contributed by atoms with van der Waals surface area (Å²) >= 11 is 0. The van der Waals surface area contributed by atoms with Gasteiger partial charge in [-0.3, -0.25) is 4.79 Å². The van der Waals surface area contributed by atoms with Gasteiger partial charge < -0.3 is 20.1 Å². The molecule has 1 aromatic carbocycles. The molecular formula is C16H26N2O3. The molecule has 21 heavy (non-hydrogen) atoms. The second-order valence-corrected chi connectivity index (χ2v) is 5.53. The van der Waals surface area contributed by atoms with Crippen molar-refractivity contribution in [3.05, 3.63) is 23.8 Å². The van der Waals surface area contributed by atoms with Crippen molar-refractivity contribution in [3.63, 3.8) is 0 Å². The zero-order valence-corrected chi connectivity index (χ0v) is 13.5. The van der Waals surface area contributed by atoms with E-state index in [9.17, 15) is 4.79 Å². The molecule has 0 aliphatic rings. The van der Waals surface area contributed by atoms with Crippen LogP contribution in [0.15, 0.2) is 18.2 Å². The lowest BCUT2D eigenvalue weighted by Crippen LogP contribution is -2.34. The Morgan fingerprint density at radius 3 is 2.43 bits per heavy atom. The Balaban J connectivity index is 2.69. The Kier molecular flexibility index (Phi) is 7.02. The highest BCUT2D eigenvalue weighted by Gasteiger charge is 2.09. The van der Waals surface area contributed by atoms with Crippen LogP contribution in [0, 0.1) is 0 Å². The van der Waals surface area contributed by atoms with Gasteiger partial charge in [0.1, 0.15) is 0 Å². The predicted octanol–water partition coefficient (Wildman–Crippen LogP) is 2.10. The maximum absolute atomic E-state index is 11.6. The summed E-state index contributed by atoms with van der Waals surface area (Å²) in [6.07, 6.45) is 0. The Morgan fingerprint density at radius 1 is 1.14 bits per heavy atom. The molecule has 5 heteroatoms. The molecule has 0 heterocycles. The highest BCUT2D eigenvalue weighted by Crippen LogP contribution is 2.28. The van der Waals surface area contributed by atoms with Gasteiger partial charge in [0, 0.05) is 18.6 Å². The number of amides is 1. The summed E-state index contributed by atoms with van der Waals surface area (Å²) < 4.78 is 10.8. The minimum absolute atomic E-state index is 0.0183. The summed E-state index contributed by atoms with van der Waals surface area (Å²) in [6.45, 7) is 8.74. The van der Waals surface area contributed by atoms with E-state index in [2.05, 4.69) is 24.5 Å². The number of methoxy groups -OCH3 is 1. The predicted molar refractivity (Wildman–Crippen MR) is 83.7 cm³/mol. The molecule has 0 bridgehead atoms. The Labute approximate surface area is 127 Å². The Bertz CT molecular complexity index is 459. The highest BCUT2D eigenvalue weighted by atomic mass is 16.5. The molecule has 1 aromatic rings. The average molecular weight is 294 g/mol. The summed E-state index contributed by atoms with van der Waals surface area (Å²) in [5.74, 6) is 1.07. The van der Waals surface area contributed by atoms with Crippen LogP contribution in [0.1, 0.15) is 33.3 Å². The van der Waals surface area contributed by atoms with Gasteiger partial charge in [0.15, 0.2) is 18.1 Å². The summed E-state index contributed by atoms with van der Waals surface area (Å²) in [4.78, 5) is 11.6. The van der Waals surface area contributed by atoms with Gasteiger partial charge in [-0.15, -0.1) is 0 Å². The molecule has 0 radical (unpaired) electrons. The molecule has 5 nitrogen and oxygen atoms in total. The maximum Gasteiger partial charge on any atom is 0.258 e. The molecule has 0 aliphatic carbocycles. The van der Waals surface area contributed by atoms with Crippen LogP contribution in [-0.2, 0) is 11.3 Å². The number of ether oxygens (including phenoxy) is 2. The fourth-order valence-corrected chi connectivity index (χ4v) is 1.77. The van der Waals surface area contributed by atoms with Crippen molar-refractivity contribution in [1.82, 2.24) is 10.6 Å². The van der Waals surface area contributed by atoms with Crippen molar-refractivity contribution >= 4 is 5.91 Å². The molecule has 0 unspecified atom stereocenters. The van der Waals surface area contributed by atoms with Crippen LogP contribution in [-0.4, -0.2) is 31.7 Å². The molecule has 0 aromatic heterocycles. The lowest BCUT2D eigenvalue weighted by Gasteiger charge is -2.14. The van der Waals surface area contributed by atoms with Crippen LogP contribution in [0.25, 0.3) is 0 Å². The van der Waals surface area contributed by atoms with Crippen molar-refractivity contribution in [2.45, 2.75) is 46.3 Å². The largest absolute Gasteiger partial charge is 0.493 e. The molecule has 0 saturated carbocycles. The van der Waals surface area contributed by atoms with Gasteiger partial charge in [0.25, 0.3) is 5.91 Å². The van der Waals surface area contributed by atoms with E-state index in [4.69, 9.17) is 9.47 Å². The van der Waals surface area contributed by atoms with Crippen LogP contribution in [0.4, 0.5) is 0 Å². The smallest absolute Gasteiger partial charge is 0.258 e. The van der Waals surface area contributed by atoms with E-state index >= 15 is 0 Å². The van der Waals surface area contributed by atoms with E-state index < -0.39 is 0 Å². The van der Waals surface area contributed by atoms with Crippen molar-refractivity contribution in [3.8, 4) is 11.5 Å². The zero-order valence-electron chi connectivity index (χ0n) is 13.5. The van der Waals surface area contributed by atoms with Crippen LogP contribution >= 0.6 is 0 Å². The average Bonchev–Trinajstić information content (AvgIpc) is 2.42. The second kappa shape index (κ2) is 8.52. The monoisotopic (exact) mass is 294 g/mol. The van der Waals surface area contributed by atoms with Crippen LogP contribution in [0.2, 0.25) is 0 Å². The van der Waals surface area contributed by atoms with E-state index in [0.717, 1.165) is 12.1 Å². The van der Waals surface area contributed by atoms with Gasteiger partial charge >= 0.3 is 0 Å². The second-order valence-electron chi connectivity index (χ2n) is 5.53. The molecule has 1 rings (SSSR count). The zero-order chi connectivity index (χ0) is 15.8. The first-order chi connectivity index (χ1) is 9.92. The van der Waals surface area contributed by atoms with Crippen LogP contribution < -0.4 is 20.1 Å². The Morgan fingerprint density at radius 2 is 1.86 bits per heavy atom. The first-order valence-electron chi connectivity index (χ1n) is 7.24. The van der Waals surface area contributed by atoms with E-state index in [1.54, 1.807) is 7.11 Å². The molecule has 0 spiro atoms. The topological polar surface area (TPSA) is 59.6 Å². The van der Waals surface area contributed by atoms with Gasteiger partial charge in [0.05, 0.1) is 7.11 Å². The number of rotatable bonds is 8. The van der Waals surface area contributed by atoms with Crippen molar-refractivity contribution in [1.29, 1.82) is 0 Å². The summed E-state index contributed by atoms with van der Waals surface area (Å²) in [5, 5.41) is 6.13. The lowest BCUT2D eigenvalue weighted by molar-refractivity contribution is -0.123. The number of carbonyl (C=O) groups is 1. The van der Waals surface area contributed by atoms with Crippen molar-refractivity contribution < 1.29 is 14.3 Å². The normalized spacial score (nSPS) is 10.8. The fourth-order valence-electron chi connectivity index (χ4n) is 1.77. The third kappa shape index (κ3) is 6.49. The number of benzene rings is 1. The SMILES string of the molecule is COc1ccc(CNC(C)C)cc1OCC(=O)NC(C)C. The molecule has 0 aliphatic heterocycles. The van der Waals surface area contributed by atoms with E-state index in [1.165, 1.54) is 0 Å². The van der Waals surface area contributed by atoms with Crippen molar-refractivity contribution in [2.75, 3.05) is 13.7 Å². The number of nitrogens with one attached hydrogen (secondary N) is 2. The van der Waals surface area contributed by atoms with Gasteiger partial charge in [-0.2, -0.15) is 0 Å². The third-order valence-electron chi connectivity index (χ3n) is 2.75. The molecule has 118 valence electrons. The van der Waals surface area contributed by atoms with Crippen LogP contribution in [0.3, 0.4) is 0 Å². The summed E-state index contributed by atoms with van der Waals surface area (Å²) in [7, 11) is 1.59. The van der Waals surface area contributed by atoms with Crippen molar-refractivity contribution in [2.24, 2.45) is 0 Å². The first kappa shape index (κ1) is 17.3.